The van der Waals surface area contributed by atoms with E-state index in [0.717, 1.165) is 18.3 Å². The standard InChI is InChI=1S/C12H18N4/c1-2-12-11(3-7-16(12)6-1)15-9-10-8-13-4-5-14-10/h4-5,8,11-12,15H,1-3,6-7,9H2. The molecule has 0 spiro atoms. The Bertz CT molecular complexity index is 340. The van der Waals surface area contributed by atoms with Crippen LogP contribution in [0.5, 0.6) is 0 Å². The van der Waals surface area contributed by atoms with E-state index >= 15 is 0 Å². The number of aromatic nitrogens is 2. The Morgan fingerprint density at radius 2 is 2.31 bits per heavy atom. The van der Waals surface area contributed by atoms with Crippen LogP contribution in [0.1, 0.15) is 25.0 Å². The Balaban J connectivity index is 1.56. The lowest BCUT2D eigenvalue weighted by Crippen LogP contribution is -2.38. The molecule has 0 aliphatic carbocycles. The smallest absolute Gasteiger partial charge is 0.0724 e. The lowest BCUT2D eigenvalue weighted by Gasteiger charge is -2.21. The second-order valence-electron chi connectivity index (χ2n) is 4.72. The zero-order valence-corrected chi connectivity index (χ0v) is 9.47. The number of nitrogens with zero attached hydrogens (tertiary/aromatic N) is 3. The van der Waals surface area contributed by atoms with Crippen LogP contribution in [0.4, 0.5) is 0 Å². The molecule has 0 aromatic carbocycles. The third-order valence-electron chi connectivity index (χ3n) is 3.77. The minimum atomic E-state index is 0.657. The van der Waals surface area contributed by atoms with Crippen molar-refractivity contribution in [2.45, 2.75) is 37.9 Å². The number of fused-ring (bicyclic) bond motifs is 1. The molecule has 1 aromatic heterocycles. The summed E-state index contributed by atoms with van der Waals surface area (Å²) in [6, 6.07) is 1.43. The average Bonchev–Trinajstić information content (AvgIpc) is 2.90. The van der Waals surface area contributed by atoms with Gasteiger partial charge in [0.1, 0.15) is 0 Å². The molecule has 0 amide bonds. The first-order valence-electron chi connectivity index (χ1n) is 6.16. The van der Waals surface area contributed by atoms with E-state index < -0.39 is 0 Å². The van der Waals surface area contributed by atoms with Gasteiger partial charge in [0.15, 0.2) is 0 Å². The molecule has 86 valence electrons. The summed E-state index contributed by atoms with van der Waals surface area (Å²) in [7, 11) is 0. The molecule has 3 heterocycles. The van der Waals surface area contributed by atoms with E-state index in [1.807, 2.05) is 6.20 Å². The van der Waals surface area contributed by atoms with Crippen molar-refractivity contribution in [1.29, 1.82) is 0 Å². The van der Waals surface area contributed by atoms with E-state index in [-0.39, 0.29) is 0 Å². The van der Waals surface area contributed by atoms with Crippen molar-refractivity contribution in [3.8, 4) is 0 Å². The molecule has 2 aliphatic rings. The minimum Gasteiger partial charge on any atom is -0.307 e. The van der Waals surface area contributed by atoms with Crippen molar-refractivity contribution >= 4 is 0 Å². The first-order chi connectivity index (χ1) is 7.93. The van der Waals surface area contributed by atoms with Crippen LogP contribution >= 0.6 is 0 Å². The number of nitrogens with one attached hydrogen (secondary N) is 1. The molecule has 16 heavy (non-hydrogen) atoms. The Morgan fingerprint density at radius 3 is 3.19 bits per heavy atom. The summed E-state index contributed by atoms with van der Waals surface area (Å²) in [5, 5.41) is 3.63. The Kier molecular flexibility index (Phi) is 2.84. The van der Waals surface area contributed by atoms with Crippen LogP contribution in [0.2, 0.25) is 0 Å². The first-order valence-corrected chi connectivity index (χ1v) is 6.16. The Morgan fingerprint density at radius 1 is 1.31 bits per heavy atom. The van der Waals surface area contributed by atoms with Gasteiger partial charge in [-0.15, -0.1) is 0 Å². The normalized spacial score (nSPS) is 29.5. The fourth-order valence-corrected chi connectivity index (χ4v) is 2.98. The van der Waals surface area contributed by atoms with Gasteiger partial charge in [-0.3, -0.25) is 14.9 Å². The van der Waals surface area contributed by atoms with Crippen LogP contribution in [0, 0.1) is 0 Å². The highest BCUT2D eigenvalue weighted by Crippen LogP contribution is 2.27. The molecule has 3 rings (SSSR count). The second kappa shape index (κ2) is 4.47. The van der Waals surface area contributed by atoms with Crippen molar-refractivity contribution in [2.75, 3.05) is 13.1 Å². The summed E-state index contributed by atoms with van der Waals surface area (Å²) >= 11 is 0. The quantitative estimate of drug-likeness (QED) is 0.815. The molecule has 4 nitrogen and oxygen atoms in total. The molecule has 2 atom stereocenters. The SMILES string of the molecule is c1cnc(CNC2CCN3CCCC23)cn1. The summed E-state index contributed by atoms with van der Waals surface area (Å²) in [6.45, 7) is 3.42. The highest BCUT2D eigenvalue weighted by molar-refractivity contribution is 4.99. The monoisotopic (exact) mass is 218 g/mol. The number of hydrogen-bond acceptors (Lipinski definition) is 4. The fraction of sp³-hybridized carbons (Fsp3) is 0.667. The van der Waals surface area contributed by atoms with E-state index in [0.29, 0.717) is 6.04 Å². The Labute approximate surface area is 96.1 Å². The molecule has 2 unspecified atom stereocenters. The lowest BCUT2D eigenvalue weighted by atomic mass is 10.1. The van der Waals surface area contributed by atoms with Crippen molar-refractivity contribution in [2.24, 2.45) is 0 Å². The van der Waals surface area contributed by atoms with Crippen molar-refractivity contribution in [1.82, 2.24) is 20.2 Å². The molecule has 2 aliphatic heterocycles. The van der Waals surface area contributed by atoms with Crippen LogP contribution in [0.25, 0.3) is 0 Å². The zero-order valence-electron chi connectivity index (χ0n) is 9.47. The molecule has 0 radical (unpaired) electrons. The van der Waals surface area contributed by atoms with Crippen LogP contribution in [-0.4, -0.2) is 40.0 Å². The molecular formula is C12H18N4. The predicted molar refractivity (Wildman–Crippen MR) is 61.9 cm³/mol. The largest absolute Gasteiger partial charge is 0.307 e. The first kappa shape index (κ1) is 10.2. The third kappa shape index (κ3) is 1.95. The van der Waals surface area contributed by atoms with E-state index in [1.54, 1.807) is 12.4 Å². The van der Waals surface area contributed by atoms with Crippen molar-refractivity contribution < 1.29 is 0 Å². The van der Waals surface area contributed by atoms with Crippen LogP contribution in [-0.2, 0) is 6.54 Å². The van der Waals surface area contributed by atoms with Gasteiger partial charge in [0, 0.05) is 43.8 Å². The molecule has 4 heteroatoms. The summed E-state index contributed by atoms with van der Waals surface area (Å²) in [5.41, 5.74) is 1.04. The van der Waals surface area contributed by atoms with E-state index in [9.17, 15) is 0 Å². The molecule has 2 saturated heterocycles. The summed E-state index contributed by atoms with van der Waals surface area (Å²) in [5.74, 6) is 0. The average molecular weight is 218 g/mol. The summed E-state index contributed by atoms with van der Waals surface area (Å²) in [6.07, 6.45) is 9.33. The van der Waals surface area contributed by atoms with Gasteiger partial charge in [0.05, 0.1) is 5.69 Å². The maximum absolute atomic E-state index is 4.29. The number of rotatable bonds is 3. The predicted octanol–water partition coefficient (Wildman–Crippen LogP) is 0.803. The van der Waals surface area contributed by atoms with Gasteiger partial charge < -0.3 is 5.32 Å². The molecule has 1 N–H and O–H groups in total. The summed E-state index contributed by atoms with van der Waals surface area (Å²) < 4.78 is 0. The molecule has 2 fully saturated rings. The molecule has 0 bridgehead atoms. The van der Waals surface area contributed by atoms with E-state index in [2.05, 4.69) is 20.2 Å². The van der Waals surface area contributed by atoms with Gasteiger partial charge in [-0.05, 0) is 25.8 Å². The van der Waals surface area contributed by atoms with Gasteiger partial charge >= 0.3 is 0 Å². The van der Waals surface area contributed by atoms with Gasteiger partial charge in [-0.1, -0.05) is 0 Å². The van der Waals surface area contributed by atoms with Crippen molar-refractivity contribution in [3.05, 3.63) is 24.3 Å². The van der Waals surface area contributed by atoms with Gasteiger partial charge in [0.2, 0.25) is 0 Å². The number of hydrogen-bond donors (Lipinski definition) is 1. The summed E-state index contributed by atoms with van der Waals surface area (Å²) in [4.78, 5) is 11.0. The minimum absolute atomic E-state index is 0.657. The van der Waals surface area contributed by atoms with Gasteiger partial charge in [-0.25, -0.2) is 0 Å². The zero-order chi connectivity index (χ0) is 10.8. The van der Waals surface area contributed by atoms with Gasteiger partial charge in [0.25, 0.3) is 0 Å². The maximum Gasteiger partial charge on any atom is 0.0724 e. The molecule has 1 aromatic rings. The van der Waals surface area contributed by atoms with Crippen LogP contribution < -0.4 is 5.32 Å². The highest BCUT2D eigenvalue weighted by Gasteiger charge is 2.36. The van der Waals surface area contributed by atoms with Crippen LogP contribution in [0.15, 0.2) is 18.6 Å². The second-order valence-corrected chi connectivity index (χ2v) is 4.72. The van der Waals surface area contributed by atoms with E-state index in [4.69, 9.17) is 0 Å². The third-order valence-corrected chi connectivity index (χ3v) is 3.77. The lowest BCUT2D eigenvalue weighted by molar-refractivity contribution is 0.298. The van der Waals surface area contributed by atoms with Crippen LogP contribution in [0.3, 0.4) is 0 Å². The fourth-order valence-electron chi connectivity index (χ4n) is 2.98. The Hall–Kier alpha value is -1.00. The molecular weight excluding hydrogens is 200 g/mol. The van der Waals surface area contributed by atoms with Gasteiger partial charge in [-0.2, -0.15) is 0 Å². The van der Waals surface area contributed by atoms with Crippen molar-refractivity contribution in [3.63, 3.8) is 0 Å². The highest BCUT2D eigenvalue weighted by atomic mass is 15.2. The van der Waals surface area contributed by atoms with E-state index in [1.165, 1.54) is 32.4 Å². The molecule has 0 saturated carbocycles. The maximum atomic E-state index is 4.29. The topological polar surface area (TPSA) is 41.1 Å².